The molecule has 4 heteroatoms. The van der Waals surface area contributed by atoms with E-state index in [2.05, 4.69) is 19.2 Å². The van der Waals surface area contributed by atoms with E-state index in [0.29, 0.717) is 12.5 Å². The highest BCUT2D eigenvalue weighted by atomic mass is 19.4. The molecule has 0 aromatic heterocycles. The molecule has 0 aromatic rings. The van der Waals surface area contributed by atoms with Crippen molar-refractivity contribution in [3.63, 3.8) is 0 Å². The number of hydrogen-bond donors (Lipinski definition) is 1. The molecule has 1 nitrogen and oxygen atoms in total. The molecule has 1 N–H and O–H groups in total. The maximum Gasteiger partial charge on any atom is 0.406 e. The van der Waals surface area contributed by atoms with Gasteiger partial charge in [-0.05, 0) is 38.1 Å². The zero-order valence-corrected chi connectivity index (χ0v) is 8.75. The van der Waals surface area contributed by atoms with Crippen LogP contribution in [0.3, 0.4) is 0 Å². The Bertz CT molecular complexity index is 182. The quantitative estimate of drug-likeness (QED) is 0.686. The molecule has 1 fully saturated rings. The van der Waals surface area contributed by atoms with Gasteiger partial charge in [0, 0.05) is 0 Å². The Morgan fingerprint density at radius 3 is 2.21 bits per heavy atom. The molecule has 14 heavy (non-hydrogen) atoms. The Labute approximate surface area is 83.1 Å². The fourth-order valence-corrected chi connectivity index (χ4v) is 1.52. The van der Waals surface area contributed by atoms with Crippen LogP contribution in [-0.4, -0.2) is 18.3 Å². The van der Waals surface area contributed by atoms with E-state index in [1.807, 2.05) is 0 Å². The SMILES string of the molecule is CC(C)CCCNC1(C(F)(F)F)CC1. The van der Waals surface area contributed by atoms with Crippen LogP contribution in [0.1, 0.15) is 39.5 Å². The predicted octanol–water partition coefficient (Wildman–Crippen LogP) is 3.11. The molecule has 0 atom stereocenters. The van der Waals surface area contributed by atoms with E-state index in [1.165, 1.54) is 0 Å². The van der Waals surface area contributed by atoms with E-state index in [1.54, 1.807) is 0 Å². The van der Waals surface area contributed by atoms with Gasteiger partial charge in [-0.25, -0.2) is 0 Å². The Hall–Kier alpha value is -0.250. The highest BCUT2D eigenvalue weighted by molar-refractivity contribution is 5.07. The van der Waals surface area contributed by atoms with Gasteiger partial charge in [0.1, 0.15) is 5.54 Å². The zero-order chi connectivity index (χ0) is 10.8. The highest BCUT2D eigenvalue weighted by Gasteiger charge is 2.62. The summed E-state index contributed by atoms with van der Waals surface area (Å²) in [6.45, 7) is 4.64. The number of nitrogens with one attached hydrogen (secondary N) is 1. The summed E-state index contributed by atoms with van der Waals surface area (Å²) in [6.07, 6.45) is -1.75. The normalized spacial score (nSPS) is 20.1. The van der Waals surface area contributed by atoms with Crippen molar-refractivity contribution >= 4 is 0 Å². The zero-order valence-electron chi connectivity index (χ0n) is 8.75. The van der Waals surface area contributed by atoms with Crippen LogP contribution in [0.2, 0.25) is 0 Å². The van der Waals surface area contributed by atoms with Gasteiger partial charge < -0.3 is 5.32 Å². The molecule has 0 spiro atoms. The van der Waals surface area contributed by atoms with Crippen molar-refractivity contribution in [2.75, 3.05) is 6.54 Å². The molecule has 0 bridgehead atoms. The Morgan fingerprint density at radius 1 is 1.29 bits per heavy atom. The molecule has 0 radical (unpaired) electrons. The number of halogens is 3. The first-order chi connectivity index (χ1) is 6.37. The fourth-order valence-electron chi connectivity index (χ4n) is 1.52. The van der Waals surface area contributed by atoms with Gasteiger partial charge in [0.05, 0.1) is 0 Å². The topological polar surface area (TPSA) is 12.0 Å². The van der Waals surface area contributed by atoms with Crippen LogP contribution in [0, 0.1) is 5.92 Å². The predicted molar refractivity (Wildman–Crippen MR) is 50.1 cm³/mol. The third-order valence-corrected chi connectivity index (χ3v) is 2.71. The monoisotopic (exact) mass is 209 g/mol. The van der Waals surface area contributed by atoms with Gasteiger partial charge in [0.2, 0.25) is 0 Å². The summed E-state index contributed by atoms with van der Waals surface area (Å²) in [7, 11) is 0. The Morgan fingerprint density at radius 2 is 1.86 bits per heavy atom. The molecule has 84 valence electrons. The van der Waals surface area contributed by atoms with Gasteiger partial charge in [0.25, 0.3) is 0 Å². The molecule has 0 saturated heterocycles. The van der Waals surface area contributed by atoms with Crippen molar-refractivity contribution in [3.8, 4) is 0 Å². The average molecular weight is 209 g/mol. The molecule has 0 aromatic carbocycles. The van der Waals surface area contributed by atoms with E-state index in [9.17, 15) is 13.2 Å². The standard InChI is InChI=1S/C10H18F3N/c1-8(2)4-3-7-14-9(5-6-9)10(11,12)13/h8,14H,3-7H2,1-2H3. The average Bonchev–Trinajstić information content (AvgIpc) is 2.77. The Kier molecular flexibility index (Phi) is 3.45. The van der Waals surface area contributed by atoms with Crippen LogP contribution in [0.15, 0.2) is 0 Å². The van der Waals surface area contributed by atoms with Crippen LogP contribution in [0.4, 0.5) is 13.2 Å². The van der Waals surface area contributed by atoms with E-state index in [-0.39, 0.29) is 12.8 Å². The number of rotatable bonds is 5. The second-order valence-corrected chi connectivity index (χ2v) is 4.54. The van der Waals surface area contributed by atoms with Crippen molar-refractivity contribution in [1.29, 1.82) is 0 Å². The summed E-state index contributed by atoms with van der Waals surface area (Å²) in [6, 6.07) is 0. The lowest BCUT2D eigenvalue weighted by molar-refractivity contribution is -0.165. The van der Waals surface area contributed by atoms with E-state index in [0.717, 1.165) is 12.8 Å². The molecule has 1 aliphatic carbocycles. The molecule has 0 unspecified atom stereocenters. The van der Waals surface area contributed by atoms with E-state index < -0.39 is 11.7 Å². The van der Waals surface area contributed by atoms with Gasteiger partial charge in [0.15, 0.2) is 0 Å². The first-order valence-electron chi connectivity index (χ1n) is 5.19. The van der Waals surface area contributed by atoms with Crippen molar-refractivity contribution in [3.05, 3.63) is 0 Å². The summed E-state index contributed by atoms with van der Waals surface area (Å²) in [5, 5.41) is 2.64. The van der Waals surface area contributed by atoms with Crippen molar-refractivity contribution < 1.29 is 13.2 Å². The smallest absolute Gasteiger partial charge is 0.304 e. The lowest BCUT2D eigenvalue weighted by Crippen LogP contribution is -2.45. The van der Waals surface area contributed by atoms with Crippen LogP contribution in [0.25, 0.3) is 0 Å². The van der Waals surface area contributed by atoms with Gasteiger partial charge in [-0.2, -0.15) is 13.2 Å². The largest absolute Gasteiger partial charge is 0.406 e. The van der Waals surface area contributed by atoms with E-state index in [4.69, 9.17) is 0 Å². The van der Waals surface area contributed by atoms with Gasteiger partial charge in [-0.3, -0.25) is 0 Å². The summed E-state index contributed by atoms with van der Waals surface area (Å²) in [5.74, 6) is 0.567. The molecule has 0 aliphatic heterocycles. The van der Waals surface area contributed by atoms with Crippen LogP contribution >= 0.6 is 0 Å². The van der Waals surface area contributed by atoms with Crippen molar-refractivity contribution in [1.82, 2.24) is 5.32 Å². The third-order valence-electron chi connectivity index (χ3n) is 2.71. The van der Waals surface area contributed by atoms with Gasteiger partial charge >= 0.3 is 6.18 Å². The lowest BCUT2D eigenvalue weighted by atomic mass is 10.1. The van der Waals surface area contributed by atoms with Gasteiger partial charge in [-0.1, -0.05) is 13.8 Å². The van der Waals surface area contributed by atoms with Gasteiger partial charge in [-0.15, -0.1) is 0 Å². The summed E-state index contributed by atoms with van der Waals surface area (Å²) < 4.78 is 37.3. The molecule has 1 rings (SSSR count). The Balaban J connectivity index is 2.19. The van der Waals surface area contributed by atoms with E-state index >= 15 is 0 Å². The molecule has 1 saturated carbocycles. The fraction of sp³-hybridized carbons (Fsp3) is 1.00. The van der Waals surface area contributed by atoms with Crippen molar-refractivity contribution in [2.24, 2.45) is 5.92 Å². The summed E-state index contributed by atoms with van der Waals surface area (Å²) in [5.41, 5.74) is -1.52. The maximum absolute atomic E-state index is 12.4. The summed E-state index contributed by atoms with van der Waals surface area (Å²) >= 11 is 0. The first-order valence-corrected chi connectivity index (χ1v) is 5.19. The minimum atomic E-state index is -4.06. The first kappa shape index (κ1) is 11.8. The number of hydrogen-bond acceptors (Lipinski definition) is 1. The second-order valence-electron chi connectivity index (χ2n) is 4.54. The third kappa shape index (κ3) is 2.87. The molecular weight excluding hydrogens is 191 g/mol. The van der Waals surface area contributed by atoms with Crippen molar-refractivity contribution in [2.45, 2.75) is 51.2 Å². The molecular formula is C10H18F3N. The second kappa shape index (κ2) is 4.09. The molecule has 1 aliphatic rings. The maximum atomic E-state index is 12.4. The van der Waals surface area contributed by atoms with Crippen LogP contribution in [-0.2, 0) is 0 Å². The van der Waals surface area contributed by atoms with Crippen LogP contribution in [0.5, 0.6) is 0 Å². The minimum Gasteiger partial charge on any atom is -0.304 e. The summed E-state index contributed by atoms with van der Waals surface area (Å²) in [4.78, 5) is 0. The van der Waals surface area contributed by atoms with Crippen LogP contribution < -0.4 is 5.32 Å². The number of alkyl halides is 3. The molecule has 0 heterocycles. The lowest BCUT2D eigenvalue weighted by Gasteiger charge is -2.20. The molecule has 0 amide bonds. The highest BCUT2D eigenvalue weighted by Crippen LogP contribution is 2.48. The minimum absolute atomic E-state index is 0.248.